The first-order valence-electron chi connectivity index (χ1n) is 9.13. The van der Waals surface area contributed by atoms with Gasteiger partial charge < -0.3 is 10.2 Å². The Kier molecular flexibility index (Phi) is 6.35. The summed E-state index contributed by atoms with van der Waals surface area (Å²) in [7, 11) is 0. The van der Waals surface area contributed by atoms with Crippen LogP contribution in [0, 0.1) is 17.8 Å². The highest BCUT2D eigenvalue weighted by atomic mass is 15.2. The van der Waals surface area contributed by atoms with Crippen LogP contribution in [0.2, 0.25) is 0 Å². The lowest BCUT2D eigenvalue weighted by Gasteiger charge is -2.40. The third-order valence-electron chi connectivity index (χ3n) is 5.56. The van der Waals surface area contributed by atoms with Crippen molar-refractivity contribution >= 4 is 0 Å². The SMILES string of the molecule is CCCNC1CCC(C(C)C)CC1CN(CC)C1CC1. The molecule has 2 saturated carbocycles. The largest absolute Gasteiger partial charge is 0.314 e. The van der Waals surface area contributed by atoms with Gasteiger partial charge >= 0.3 is 0 Å². The summed E-state index contributed by atoms with van der Waals surface area (Å²) in [4.78, 5) is 2.76. The van der Waals surface area contributed by atoms with Gasteiger partial charge in [0.25, 0.3) is 0 Å². The molecule has 2 rings (SSSR count). The topological polar surface area (TPSA) is 15.3 Å². The van der Waals surface area contributed by atoms with E-state index >= 15 is 0 Å². The van der Waals surface area contributed by atoms with Crippen molar-refractivity contribution in [1.82, 2.24) is 10.2 Å². The van der Waals surface area contributed by atoms with Crippen LogP contribution in [0.3, 0.4) is 0 Å². The smallest absolute Gasteiger partial charge is 0.0108 e. The predicted molar refractivity (Wildman–Crippen MR) is 88.0 cm³/mol. The van der Waals surface area contributed by atoms with Crippen molar-refractivity contribution < 1.29 is 0 Å². The van der Waals surface area contributed by atoms with Crippen molar-refractivity contribution in [1.29, 1.82) is 0 Å². The van der Waals surface area contributed by atoms with E-state index in [4.69, 9.17) is 0 Å². The van der Waals surface area contributed by atoms with Gasteiger partial charge in [0.1, 0.15) is 0 Å². The Labute approximate surface area is 126 Å². The number of hydrogen-bond donors (Lipinski definition) is 1. The third kappa shape index (κ3) is 4.46. The normalized spacial score (nSPS) is 31.2. The molecule has 118 valence electrons. The highest BCUT2D eigenvalue weighted by Crippen LogP contribution is 2.36. The van der Waals surface area contributed by atoms with Gasteiger partial charge in [0.05, 0.1) is 0 Å². The van der Waals surface area contributed by atoms with E-state index in [1.54, 1.807) is 0 Å². The Morgan fingerprint density at radius 3 is 2.40 bits per heavy atom. The van der Waals surface area contributed by atoms with Crippen molar-refractivity contribution in [2.24, 2.45) is 17.8 Å². The summed E-state index contributed by atoms with van der Waals surface area (Å²) in [5, 5.41) is 3.84. The van der Waals surface area contributed by atoms with Gasteiger partial charge in [-0.1, -0.05) is 27.7 Å². The number of nitrogens with one attached hydrogen (secondary N) is 1. The first-order chi connectivity index (χ1) is 9.65. The van der Waals surface area contributed by atoms with E-state index < -0.39 is 0 Å². The molecule has 2 fully saturated rings. The Morgan fingerprint density at radius 2 is 1.85 bits per heavy atom. The van der Waals surface area contributed by atoms with Crippen molar-refractivity contribution in [3.63, 3.8) is 0 Å². The van der Waals surface area contributed by atoms with Crippen LogP contribution in [0.1, 0.15) is 66.2 Å². The summed E-state index contributed by atoms with van der Waals surface area (Å²) in [5.41, 5.74) is 0. The number of rotatable bonds is 8. The van der Waals surface area contributed by atoms with Crippen LogP contribution < -0.4 is 5.32 Å². The van der Waals surface area contributed by atoms with Crippen molar-refractivity contribution in [3.05, 3.63) is 0 Å². The lowest BCUT2D eigenvalue weighted by Crippen LogP contribution is -2.47. The van der Waals surface area contributed by atoms with Crippen LogP contribution in [0.5, 0.6) is 0 Å². The fraction of sp³-hybridized carbons (Fsp3) is 1.00. The van der Waals surface area contributed by atoms with Gasteiger partial charge in [-0.3, -0.25) is 0 Å². The zero-order chi connectivity index (χ0) is 14.5. The molecule has 1 N–H and O–H groups in total. The maximum Gasteiger partial charge on any atom is 0.0108 e. The summed E-state index contributed by atoms with van der Waals surface area (Å²) >= 11 is 0. The Balaban J connectivity index is 1.92. The Hall–Kier alpha value is -0.0800. The zero-order valence-corrected chi connectivity index (χ0v) is 14.2. The van der Waals surface area contributed by atoms with Crippen LogP contribution in [0.25, 0.3) is 0 Å². The molecule has 2 nitrogen and oxygen atoms in total. The fourth-order valence-corrected chi connectivity index (χ4v) is 3.98. The number of nitrogens with zero attached hydrogens (tertiary/aromatic N) is 1. The Bertz CT molecular complexity index is 273. The Morgan fingerprint density at radius 1 is 1.10 bits per heavy atom. The fourth-order valence-electron chi connectivity index (χ4n) is 3.98. The van der Waals surface area contributed by atoms with Gasteiger partial charge in [0, 0.05) is 18.6 Å². The maximum absolute atomic E-state index is 3.84. The van der Waals surface area contributed by atoms with E-state index in [0.717, 1.165) is 29.8 Å². The van der Waals surface area contributed by atoms with E-state index in [1.807, 2.05) is 0 Å². The molecule has 2 heteroatoms. The molecule has 20 heavy (non-hydrogen) atoms. The summed E-state index contributed by atoms with van der Waals surface area (Å²) in [6, 6.07) is 1.70. The van der Waals surface area contributed by atoms with E-state index in [1.165, 1.54) is 58.2 Å². The average Bonchev–Trinajstić information content (AvgIpc) is 3.27. The van der Waals surface area contributed by atoms with Crippen LogP contribution in [0.15, 0.2) is 0 Å². The van der Waals surface area contributed by atoms with Crippen LogP contribution >= 0.6 is 0 Å². The highest BCUT2D eigenvalue weighted by Gasteiger charge is 2.35. The van der Waals surface area contributed by atoms with Crippen LogP contribution in [-0.2, 0) is 0 Å². The van der Waals surface area contributed by atoms with E-state index in [9.17, 15) is 0 Å². The quantitative estimate of drug-likeness (QED) is 0.725. The van der Waals surface area contributed by atoms with E-state index in [2.05, 4.69) is 37.9 Å². The minimum atomic E-state index is 0.776. The van der Waals surface area contributed by atoms with Crippen LogP contribution in [0.4, 0.5) is 0 Å². The molecule has 3 atom stereocenters. The predicted octanol–water partition coefficient (Wildman–Crippen LogP) is 3.91. The minimum absolute atomic E-state index is 0.776. The molecule has 0 aromatic heterocycles. The van der Waals surface area contributed by atoms with Crippen molar-refractivity contribution in [2.75, 3.05) is 19.6 Å². The van der Waals surface area contributed by atoms with Gasteiger partial charge in [-0.2, -0.15) is 0 Å². The monoisotopic (exact) mass is 280 g/mol. The van der Waals surface area contributed by atoms with Gasteiger partial charge in [0.15, 0.2) is 0 Å². The molecule has 3 unspecified atom stereocenters. The molecule has 0 bridgehead atoms. The maximum atomic E-state index is 3.84. The van der Waals surface area contributed by atoms with E-state index in [0.29, 0.717) is 0 Å². The summed E-state index contributed by atoms with van der Waals surface area (Å²) in [6.07, 6.45) is 8.43. The van der Waals surface area contributed by atoms with E-state index in [-0.39, 0.29) is 0 Å². The summed E-state index contributed by atoms with van der Waals surface area (Å²) in [5.74, 6) is 2.70. The van der Waals surface area contributed by atoms with Crippen LogP contribution in [-0.4, -0.2) is 36.6 Å². The third-order valence-corrected chi connectivity index (χ3v) is 5.56. The van der Waals surface area contributed by atoms with Crippen molar-refractivity contribution in [2.45, 2.75) is 78.3 Å². The molecular weight excluding hydrogens is 244 g/mol. The highest BCUT2D eigenvalue weighted by molar-refractivity contribution is 4.91. The summed E-state index contributed by atoms with van der Waals surface area (Å²) in [6.45, 7) is 13.2. The lowest BCUT2D eigenvalue weighted by molar-refractivity contribution is 0.120. The molecule has 0 spiro atoms. The molecule has 0 saturated heterocycles. The molecule has 0 aromatic rings. The number of hydrogen-bond acceptors (Lipinski definition) is 2. The standard InChI is InChI=1S/C18H36N2/c1-5-11-19-18-10-7-15(14(3)4)12-16(18)13-20(6-2)17-8-9-17/h14-19H,5-13H2,1-4H3. The molecule has 0 aromatic carbocycles. The molecule has 0 amide bonds. The minimum Gasteiger partial charge on any atom is -0.314 e. The lowest BCUT2D eigenvalue weighted by atomic mass is 9.73. The molecular formula is C18H36N2. The van der Waals surface area contributed by atoms with Gasteiger partial charge in [-0.25, -0.2) is 0 Å². The summed E-state index contributed by atoms with van der Waals surface area (Å²) < 4.78 is 0. The average molecular weight is 280 g/mol. The van der Waals surface area contributed by atoms with Gasteiger partial charge in [-0.05, 0) is 69.4 Å². The zero-order valence-electron chi connectivity index (χ0n) is 14.2. The second-order valence-corrected chi connectivity index (χ2v) is 7.46. The molecule has 2 aliphatic rings. The second-order valence-electron chi connectivity index (χ2n) is 7.46. The van der Waals surface area contributed by atoms with Gasteiger partial charge in [-0.15, -0.1) is 0 Å². The molecule has 2 aliphatic carbocycles. The second kappa shape index (κ2) is 7.79. The first-order valence-corrected chi connectivity index (χ1v) is 9.13. The molecule has 0 radical (unpaired) electrons. The van der Waals surface area contributed by atoms with Crippen molar-refractivity contribution in [3.8, 4) is 0 Å². The molecule has 0 heterocycles. The van der Waals surface area contributed by atoms with Gasteiger partial charge in [0.2, 0.25) is 0 Å². The molecule has 0 aliphatic heterocycles. The first kappa shape index (κ1) is 16.3.